The fourth-order valence-electron chi connectivity index (χ4n) is 4.19. The van der Waals surface area contributed by atoms with Gasteiger partial charge in [-0.15, -0.1) is 0 Å². The fourth-order valence-corrected chi connectivity index (χ4v) is 4.19. The van der Waals surface area contributed by atoms with Gasteiger partial charge in [-0.05, 0) is 24.0 Å². The first-order valence-corrected chi connectivity index (χ1v) is 12.0. The molecule has 1 heteroatoms. The SMILES string of the molecule is CCCCCCCCCCCCCCC(=N)C(c1ccccc1)c1ccccc1. The van der Waals surface area contributed by atoms with E-state index in [4.69, 9.17) is 5.41 Å². The van der Waals surface area contributed by atoms with Crippen molar-refractivity contribution >= 4 is 5.71 Å². The average Bonchev–Trinajstić information content (AvgIpc) is 2.76. The minimum absolute atomic E-state index is 0.102. The predicted molar refractivity (Wildman–Crippen MR) is 128 cm³/mol. The highest BCUT2D eigenvalue weighted by atomic mass is 14.4. The molecule has 0 fully saturated rings. The minimum atomic E-state index is 0.102. The standard InChI is InChI=1S/C28H41N/c1-2-3-4-5-6-7-8-9-10-11-12-19-24-27(29)28(25-20-15-13-16-21-25)26-22-17-14-18-23-26/h13-18,20-23,28-29H,2-12,19,24H2,1H3. The van der Waals surface area contributed by atoms with Crippen molar-refractivity contribution in [2.24, 2.45) is 0 Å². The van der Waals surface area contributed by atoms with E-state index in [0.29, 0.717) is 0 Å². The summed E-state index contributed by atoms with van der Waals surface area (Å²) in [6.45, 7) is 2.28. The molecule has 2 rings (SSSR count). The summed E-state index contributed by atoms with van der Waals surface area (Å²) >= 11 is 0. The molecule has 1 nitrogen and oxygen atoms in total. The molecule has 0 unspecified atom stereocenters. The third-order valence-electron chi connectivity index (χ3n) is 5.91. The maximum Gasteiger partial charge on any atom is 0.0466 e. The molecule has 2 aromatic carbocycles. The van der Waals surface area contributed by atoms with E-state index in [1.54, 1.807) is 0 Å². The molecule has 0 aromatic heterocycles. The van der Waals surface area contributed by atoms with Gasteiger partial charge >= 0.3 is 0 Å². The molecule has 0 aliphatic rings. The van der Waals surface area contributed by atoms with Gasteiger partial charge in [0, 0.05) is 11.6 Å². The Hall–Kier alpha value is -1.89. The Balaban J connectivity index is 1.64. The van der Waals surface area contributed by atoms with Gasteiger partial charge in [-0.2, -0.15) is 0 Å². The predicted octanol–water partition coefficient (Wildman–Crippen LogP) is 8.93. The average molecular weight is 392 g/mol. The monoisotopic (exact) mass is 391 g/mol. The van der Waals surface area contributed by atoms with Crippen LogP contribution in [0.15, 0.2) is 60.7 Å². The molecule has 0 radical (unpaired) electrons. The largest absolute Gasteiger partial charge is 0.309 e. The quantitative estimate of drug-likeness (QED) is 0.218. The smallest absolute Gasteiger partial charge is 0.0466 e. The summed E-state index contributed by atoms with van der Waals surface area (Å²) in [4.78, 5) is 0. The van der Waals surface area contributed by atoms with E-state index in [9.17, 15) is 0 Å². The molecule has 0 spiro atoms. The lowest BCUT2D eigenvalue weighted by Gasteiger charge is -2.19. The van der Waals surface area contributed by atoms with Crippen LogP contribution in [-0.2, 0) is 0 Å². The highest BCUT2D eigenvalue weighted by Crippen LogP contribution is 2.27. The Bertz CT molecular complexity index is 607. The van der Waals surface area contributed by atoms with E-state index < -0.39 is 0 Å². The summed E-state index contributed by atoms with van der Waals surface area (Å²) < 4.78 is 0. The van der Waals surface area contributed by atoms with Gasteiger partial charge in [0.2, 0.25) is 0 Å². The minimum Gasteiger partial charge on any atom is -0.309 e. The number of hydrogen-bond acceptors (Lipinski definition) is 1. The van der Waals surface area contributed by atoms with E-state index in [-0.39, 0.29) is 5.92 Å². The Kier molecular flexibility index (Phi) is 12.1. The molecule has 0 saturated heterocycles. The second kappa shape index (κ2) is 15.0. The van der Waals surface area contributed by atoms with Gasteiger partial charge in [-0.3, -0.25) is 0 Å². The van der Waals surface area contributed by atoms with E-state index >= 15 is 0 Å². The van der Waals surface area contributed by atoms with Crippen LogP contribution in [0.5, 0.6) is 0 Å². The number of rotatable bonds is 16. The zero-order valence-corrected chi connectivity index (χ0v) is 18.5. The molecular weight excluding hydrogens is 350 g/mol. The third-order valence-corrected chi connectivity index (χ3v) is 5.91. The number of hydrogen-bond donors (Lipinski definition) is 1. The maximum absolute atomic E-state index is 8.76. The van der Waals surface area contributed by atoms with Crippen molar-refractivity contribution < 1.29 is 0 Å². The molecular formula is C28H41N. The van der Waals surface area contributed by atoms with Gasteiger partial charge in [0.25, 0.3) is 0 Å². The normalized spacial score (nSPS) is 11.1. The van der Waals surface area contributed by atoms with Crippen LogP contribution >= 0.6 is 0 Å². The lowest BCUT2D eigenvalue weighted by molar-refractivity contribution is 0.545. The van der Waals surface area contributed by atoms with Gasteiger partial charge in [-0.25, -0.2) is 0 Å². The van der Waals surface area contributed by atoms with Crippen molar-refractivity contribution in [3.8, 4) is 0 Å². The first kappa shape index (κ1) is 23.4. The summed E-state index contributed by atoms with van der Waals surface area (Å²) in [6.07, 6.45) is 17.3. The molecule has 2 aromatic rings. The molecule has 0 bridgehead atoms. The van der Waals surface area contributed by atoms with Crippen molar-refractivity contribution in [1.29, 1.82) is 5.41 Å². The van der Waals surface area contributed by atoms with Crippen molar-refractivity contribution in [2.75, 3.05) is 0 Å². The molecule has 0 aliphatic heterocycles. The molecule has 1 N–H and O–H groups in total. The molecule has 0 heterocycles. The van der Waals surface area contributed by atoms with Gasteiger partial charge < -0.3 is 5.41 Å². The summed E-state index contributed by atoms with van der Waals surface area (Å²) in [5.41, 5.74) is 3.33. The van der Waals surface area contributed by atoms with Crippen LogP contribution in [0.1, 0.15) is 107 Å². The molecule has 0 aliphatic carbocycles. The van der Waals surface area contributed by atoms with E-state index in [2.05, 4.69) is 67.6 Å². The second-order valence-corrected chi connectivity index (χ2v) is 8.42. The first-order valence-electron chi connectivity index (χ1n) is 12.0. The van der Waals surface area contributed by atoms with Gasteiger partial charge in [0.1, 0.15) is 0 Å². The highest BCUT2D eigenvalue weighted by molar-refractivity contribution is 5.91. The summed E-state index contributed by atoms with van der Waals surface area (Å²) in [5, 5.41) is 8.76. The summed E-state index contributed by atoms with van der Waals surface area (Å²) in [5.74, 6) is 0.102. The summed E-state index contributed by atoms with van der Waals surface area (Å²) in [7, 11) is 0. The Morgan fingerprint density at radius 3 is 1.38 bits per heavy atom. The highest BCUT2D eigenvalue weighted by Gasteiger charge is 2.18. The Morgan fingerprint density at radius 1 is 0.586 bits per heavy atom. The van der Waals surface area contributed by atoms with Crippen molar-refractivity contribution in [1.82, 2.24) is 0 Å². The molecule has 29 heavy (non-hydrogen) atoms. The fraction of sp³-hybridized carbons (Fsp3) is 0.536. The number of nitrogens with one attached hydrogen (secondary N) is 1. The van der Waals surface area contributed by atoms with Crippen LogP contribution in [0, 0.1) is 5.41 Å². The van der Waals surface area contributed by atoms with E-state index in [0.717, 1.165) is 18.6 Å². The van der Waals surface area contributed by atoms with Crippen LogP contribution in [0.3, 0.4) is 0 Å². The van der Waals surface area contributed by atoms with Gasteiger partial charge in [0.15, 0.2) is 0 Å². The summed E-state index contributed by atoms with van der Waals surface area (Å²) in [6, 6.07) is 21.1. The number of unbranched alkanes of at least 4 members (excludes halogenated alkanes) is 11. The topological polar surface area (TPSA) is 23.9 Å². The van der Waals surface area contributed by atoms with Crippen LogP contribution in [0.4, 0.5) is 0 Å². The van der Waals surface area contributed by atoms with E-state index in [1.807, 2.05) is 0 Å². The molecule has 0 amide bonds. The van der Waals surface area contributed by atoms with Crippen molar-refractivity contribution in [3.05, 3.63) is 71.8 Å². The van der Waals surface area contributed by atoms with Crippen LogP contribution < -0.4 is 0 Å². The second-order valence-electron chi connectivity index (χ2n) is 8.42. The van der Waals surface area contributed by atoms with Crippen molar-refractivity contribution in [2.45, 2.75) is 96.3 Å². The lowest BCUT2D eigenvalue weighted by Crippen LogP contribution is -2.13. The lowest BCUT2D eigenvalue weighted by atomic mass is 9.85. The van der Waals surface area contributed by atoms with Crippen LogP contribution in [0.25, 0.3) is 0 Å². The third kappa shape index (κ3) is 9.43. The first-order chi connectivity index (χ1) is 14.3. The maximum atomic E-state index is 8.76. The zero-order chi connectivity index (χ0) is 20.6. The van der Waals surface area contributed by atoms with E-state index in [1.165, 1.54) is 81.8 Å². The Labute approximate surface area is 179 Å². The van der Waals surface area contributed by atoms with Crippen LogP contribution in [-0.4, -0.2) is 5.71 Å². The molecule has 158 valence electrons. The molecule has 0 saturated carbocycles. The van der Waals surface area contributed by atoms with Gasteiger partial charge in [-0.1, -0.05) is 138 Å². The van der Waals surface area contributed by atoms with Crippen LogP contribution in [0.2, 0.25) is 0 Å². The zero-order valence-electron chi connectivity index (χ0n) is 18.5. The van der Waals surface area contributed by atoms with Gasteiger partial charge in [0.05, 0.1) is 0 Å². The molecule has 0 atom stereocenters. The Morgan fingerprint density at radius 2 is 0.966 bits per heavy atom. The van der Waals surface area contributed by atoms with Crippen molar-refractivity contribution in [3.63, 3.8) is 0 Å². The number of benzene rings is 2.